The zero-order valence-corrected chi connectivity index (χ0v) is 7.13. The molecular weight excluding hydrogens is 178 g/mol. The summed E-state index contributed by atoms with van der Waals surface area (Å²) >= 11 is 0. The second-order valence-electron chi connectivity index (χ2n) is 2.87. The number of aliphatic hydroxyl groups is 1. The number of halogens is 2. The van der Waals surface area contributed by atoms with E-state index in [-0.39, 0.29) is 6.42 Å². The van der Waals surface area contributed by atoms with Crippen molar-refractivity contribution in [2.75, 3.05) is 0 Å². The summed E-state index contributed by atoms with van der Waals surface area (Å²) in [5, 5.41) is 9.02. The lowest BCUT2D eigenvalue weighted by molar-refractivity contribution is -0.143. The van der Waals surface area contributed by atoms with Crippen molar-refractivity contribution in [2.45, 2.75) is 19.2 Å². The number of hydrogen-bond donors (Lipinski definition) is 1. The molecule has 0 radical (unpaired) electrons. The van der Waals surface area contributed by atoms with Crippen LogP contribution in [0.3, 0.4) is 0 Å². The van der Waals surface area contributed by atoms with Crippen LogP contribution in [-0.4, -0.2) is 16.7 Å². The van der Waals surface area contributed by atoms with Crippen LogP contribution in [0.2, 0.25) is 0 Å². The molecule has 0 aromatic carbocycles. The Hall–Kier alpha value is -1.03. The molecule has 0 aromatic rings. The first kappa shape index (κ1) is 10.1. The number of alkyl halides is 1. The van der Waals surface area contributed by atoms with Crippen LogP contribution in [0.25, 0.3) is 0 Å². The zero-order valence-electron chi connectivity index (χ0n) is 7.13. The van der Waals surface area contributed by atoms with Gasteiger partial charge < -0.3 is 5.11 Å². The van der Waals surface area contributed by atoms with Crippen LogP contribution in [0.5, 0.6) is 0 Å². The van der Waals surface area contributed by atoms with Gasteiger partial charge in [0.25, 0.3) is 5.85 Å². The molecule has 0 bridgehead atoms. The minimum absolute atomic E-state index is 0.0640. The molecule has 0 saturated heterocycles. The van der Waals surface area contributed by atoms with Crippen molar-refractivity contribution < 1.29 is 18.7 Å². The maximum Gasteiger partial charge on any atom is 0.272 e. The first-order valence-corrected chi connectivity index (χ1v) is 3.98. The number of ketones is 1. The van der Waals surface area contributed by atoms with E-state index >= 15 is 0 Å². The van der Waals surface area contributed by atoms with Gasteiger partial charge in [0.15, 0.2) is 5.83 Å². The first-order chi connectivity index (χ1) is 6.00. The summed E-state index contributed by atoms with van der Waals surface area (Å²) in [6.45, 7) is 1.53. The fourth-order valence-corrected chi connectivity index (χ4v) is 1.18. The molecule has 0 heterocycles. The van der Waals surface area contributed by atoms with E-state index in [4.69, 9.17) is 5.11 Å². The van der Waals surface area contributed by atoms with Gasteiger partial charge in [0.1, 0.15) is 11.7 Å². The Morgan fingerprint density at radius 3 is 2.92 bits per heavy atom. The third-order valence-electron chi connectivity index (χ3n) is 1.99. The minimum Gasteiger partial charge on any atom is -0.356 e. The number of hydrogen-bond acceptors (Lipinski definition) is 2. The summed E-state index contributed by atoms with van der Waals surface area (Å²) in [6.07, 6.45) is 3.25. The van der Waals surface area contributed by atoms with Crippen molar-refractivity contribution in [1.82, 2.24) is 0 Å². The standard InChI is InChI=1S/C9H10F2O2/c1-2-7(12)6-4-3-5-8(10)9(6,11)13/h3-6,13H,2H2,1H3. The van der Waals surface area contributed by atoms with Gasteiger partial charge in [-0.05, 0) is 6.08 Å². The highest BCUT2D eigenvalue weighted by molar-refractivity contribution is 5.84. The number of carbonyl (C=O) groups excluding carboxylic acids is 1. The summed E-state index contributed by atoms with van der Waals surface area (Å²) in [5.41, 5.74) is 0. The molecule has 1 N–H and O–H groups in total. The summed E-state index contributed by atoms with van der Waals surface area (Å²) in [6, 6.07) is 0. The second-order valence-corrected chi connectivity index (χ2v) is 2.87. The fourth-order valence-electron chi connectivity index (χ4n) is 1.18. The van der Waals surface area contributed by atoms with Gasteiger partial charge >= 0.3 is 0 Å². The predicted molar refractivity (Wildman–Crippen MR) is 43.2 cm³/mol. The molecule has 0 amide bonds. The minimum atomic E-state index is -3.16. The van der Waals surface area contributed by atoms with Gasteiger partial charge in [0.05, 0.1) is 0 Å². The van der Waals surface area contributed by atoms with Crippen LogP contribution in [0, 0.1) is 5.92 Å². The third-order valence-corrected chi connectivity index (χ3v) is 1.99. The second kappa shape index (κ2) is 3.38. The highest BCUT2D eigenvalue weighted by Crippen LogP contribution is 2.34. The number of carbonyl (C=O) groups is 1. The number of allylic oxidation sites excluding steroid dienone is 2. The SMILES string of the molecule is CCC(=O)C1C=CC=C(F)C1(O)F. The highest BCUT2D eigenvalue weighted by atomic mass is 19.2. The molecule has 1 aliphatic carbocycles. The van der Waals surface area contributed by atoms with Gasteiger partial charge in [-0.2, -0.15) is 0 Å². The Balaban J connectivity index is 2.96. The van der Waals surface area contributed by atoms with Crippen LogP contribution in [-0.2, 0) is 4.79 Å². The van der Waals surface area contributed by atoms with E-state index in [0.29, 0.717) is 0 Å². The summed E-state index contributed by atoms with van der Waals surface area (Å²) in [4.78, 5) is 11.1. The molecular formula is C9H10F2O2. The monoisotopic (exact) mass is 188 g/mol. The molecule has 2 unspecified atom stereocenters. The van der Waals surface area contributed by atoms with Crippen molar-refractivity contribution >= 4 is 5.78 Å². The molecule has 0 saturated carbocycles. The molecule has 4 heteroatoms. The maximum atomic E-state index is 13.2. The predicted octanol–water partition coefficient (Wildman–Crippen LogP) is 1.66. The number of rotatable bonds is 2. The summed E-state index contributed by atoms with van der Waals surface area (Å²) in [7, 11) is 0. The van der Waals surface area contributed by atoms with Gasteiger partial charge in [-0.1, -0.05) is 19.1 Å². The average molecular weight is 188 g/mol. The zero-order chi connectivity index (χ0) is 10.1. The van der Waals surface area contributed by atoms with Crippen LogP contribution in [0.15, 0.2) is 24.1 Å². The van der Waals surface area contributed by atoms with Gasteiger partial charge in [0.2, 0.25) is 0 Å². The molecule has 1 aliphatic rings. The van der Waals surface area contributed by atoms with Crippen LogP contribution >= 0.6 is 0 Å². The molecule has 0 aliphatic heterocycles. The molecule has 0 fully saturated rings. The molecule has 0 spiro atoms. The van der Waals surface area contributed by atoms with E-state index < -0.39 is 23.4 Å². The Morgan fingerprint density at radius 1 is 1.77 bits per heavy atom. The molecule has 72 valence electrons. The summed E-state index contributed by atoms with van der Waals surface area (Å²) < 4.78 is 25.9. The fraction of sp³-hybridized carbons (Fsp3) is 0.444. The largest absolute Gasteiger partial charge is 0.356 e. The lowest BCUT2D eigenvalue weighted by atomic mass is 9.89. The molecule has 0 aromatic heterocycles. The molecule has 2 nitrogen and oxygen atoms in total. The quantitative estimate of drug-likeness (QED) is 0.715. The lowest BCUT2D eigenvalue weighted by Crippen LogP contribution is -2.39. The Bertz CT molecular complexity index is 279. The Labute approximate surface area is 74.6 Å². The summed E-state index contributed by atoms with van der Waals surface area (Å²) in [5.74, 6) is -6.42. The molecule has 1 rings (SSSR count). The average Bonchev–Trinajstić information content (AvgIpc) is 2.08. The van der Waals surface area contributed by atoms with Gasteiger partial charge in [-0.3, -0.25) is 4.79 Å². The van der Waals surface area contributed by atoms with Crippen LogP contribution in [0.1, 0.15) is 13.3 Å². The van der Waals surface area contributed by atoms with Crippen molar-refractivity contribution in [2.24, 2.45) is 5.92 Å². The van der Waals surface area contributed by atoms with Gasteiger partial charge in [-0.15, -0.1) is 0 Å². The molecule has 2 atom stereocenters. The maximum absolute atomic E-state index is 13.2. The van der Waals surface area contributed by atoms with Crippen molar-refractivity contribution in [3.63, 3.8) is 0 Å². The Morgan fingerprint density at radius 2 is 2.38 bits per heavy atom. The van der Waals surface area contributed by atoms with Gasteiger partial charge in [0, 0.05) is 6.42 Å². The van der Waals surface area contributed by atoms with E-state index in [1.54, 1.807) is 0 Å². The van der Waals surface area contributed by atoms with Crippen molar-refractivity contribution in [1.29, 1.82) is 0 Å². The molecule has 13 heavy (non-hydrogen) atoms. The van der Waals surface area contributed by atoms with Gasteiger partial charge in [-0.25, -0.2) is 8.78 Å². The van der Waals surface area contributed by atoms with Crippen LogP contribution < -0.4 is 0 Å². The van der Waals surface area contributed by atoms with E-state index in [0.717, 1.165) is 12.2 Å². The van der Waals surface area contributed by atoms with E-state index in [1.165, 1.54) is 13.0 Å². The van der Waals surface area contributed by atoms with Crippen LogP contribution in [0.4, 0.5) is 8.78 Å². The third kappa shape index (κ3) is 1.67. The van der Waals surface area contributed by atoms with E-state index in [9.17, 15) is 13.6 Å². The van der Waals surface area contributed by atoms with Crippen molar-refractivity contribution in [3.05, 3.63) is 24.1 Å². The van der Waals surface area contributed by atoms with Crippen molar-refractivity contribution in [3.8, 4) is 0 Å². The highest BCUT2D eigenvalue weighted by Gasteiger charge is 2.44. The normalized spacial score (nSPS) is 32.9. The number of Topliss-reactive ketones (excluding diaryl/α,β-unsaturated/α-hetero) is 1. The van der Waals surface area contributed by atoms with E-state index in [1.807, 2.05) is 0 Å². The topological polar surface area (TPSA) is 37.3 Å². The smallest absolute Gasteiger partial charge is 0.272 e. The van der Waals surface area contributed by atoms with E-state index in [2.05, 4.69) is 0 Å². The Kier molecular flexibility index (Phi) is 2.61. The first-order valence-electron chi connectivity index (χ1n) is 3.98. The lowest BCUT2D eigenvalue weighted by Gasteiger charge is -2.25.